The monoisotopic (exact) mass is 315 g/mol. The lowest BCUT2D eigenvalue weighted by Gasteiger charge is -2.24. The predicted molar refractivity (Wildman–Crippen MR) is 87.3 cm³/mol. The molecule has 1 N–H and O–H groups in total. The molecule has 0 bridgehead atoms. The Morgan fingerprint density at radius 3 is 2.77 bits per heavy atom. The maximum absolute atomic E-state index is 12.2. The van der Waals surface area contributed by atoms with E-state index in [1.54, 1.807) is 0 Å². The summed E-state index contributed by atoms with van der Waals surface area (Å²) in [5, 5.41) is 3.72. The Morgan fingerprint density at radius 1 is 1.18 bits per heavy atom. The highest BCUT2D eigenvalue weighted by Crippen LogP contribution is 2.26. The van der Waals surface area contributed by atoms with Crippen molar-refractivity contribution < 1.29 is 9.53 Å². The number of fused-ring (bicyclic) bond motifs is 1. The van der Waals surface area contributed by atoms with Crippen LogP contribution < -0.4 is 10.1 Å². The van der Waals surface area contributed by atoms with Gasteiger partial charge in [0.05, 0.1) is 5.92 Å². The molecule has 22 heavy (non-hydrogen) atoms. The normalized spacial score (nSPS) is 16.5. The van der Waals surface area contributed by atoms with E-state index in [0.29, 0.717) is 13.2 Å². The van der Waals surface area contributed by atoms with Gasteiger partial charge in [0.25, 0.3) is 0 Å². The minimum absolute atomic E-state index is 0.0588. The van der Waals surface area contributed by atoms with Gasteiger partial charge in [-0.15, -0.1) is 0 Å². The molecule has 2 aromatic rings. The third kappa shape index (κ3) is 3.60. The lowest BCUT2D eigenvalue weighted by Crippen LogP contribution is -2.38. The third-order valence-electron chi connectivity index (χ3n) is 3.88. The number of para-hydroxylation sites is 1. The summed E-state index contributed by atoms with van der Waals surface area (Å²) in [4.78, 5) is 12.2. The van der Waals surface area contributed by atoms with E-state index in [-0.39, 0.29) is 11.8 Å². The fraction of sp³-hybridized carbons (Fsp3) is 0.278. The molecule has 0 unspecified atom stereocenters. The van der Waals surface area contributed by atoms with Gasteiger partial charge in [0.1, 0.15) is 12.4 Å². The van der Waals surface area contributed by atoms with Crippen molar-refractivity contribution in [3.8, 4) is 5.75 Å². The molecule has 3 rings (SSSR count). The van der Waals surface area contributed by atoms with Crippen molar-refractivity contribution in [2.24, 2.45) is 5.92 Å². The average molecular weight is 316 g/mol. The van der Waals surface area contributed by atoms with Crippen molar-refractivity contribution in [2.45, 2.75) is 12.8 Å². The first kappa shape index (κ1) is 14.9. The van der Waals surface area contributed by atoms with Crippen LogP contribution in [0, 0.1) is 5.92 Å². The molecule has 114 valence electrons. The number of nitrogens with one attached hydrogen (secondary N) is 1. The highest BCUT2D eigenvalue weighted by atomic mass is 35.5. The molecule has 0 aliphatic carbocycles. The number of hydrogen-bond donors (Lipinski definition) is 1. The summed E-state index contributed by atoms with van der Waals surface area (Å²) in [6, 6.07) is 15.6. The Labute approximate surface area is 135 Å². The summed E-state index contributed by atoms with van der Waals surface area (Å²) in [6.45, 7) is 1.07. The van der Waals surface area contributed by atoms with Gasteiger partial charge in [-0.05, 0) is 42.2 Å². The van der Waals surface area contributed by atoms with Gasteiger partial charge >= 0.3 is 0 Å². The van der Waals surface area contributed by atoms with Gasteiger partial charge in [-0.3, -0.25) is 4.79 Å². The standard InChI is InChI=1S/C18H18ClNO2/c19-16-7-5-13(6-8-16)9-10-20-18(21)15-11-14-3-1-2-4-17(14)22-12-15/h1-8,15H,9-12H2,(H,20,21)/t15-/m1/s1. The predicted octanol–water partition coefficient (Wildman–Crippen LogP) is 3.25. The van der Waals surface area contributed by atoms with Gasteiger partial charge in [-0.1, -0.05) is 41.9 Å². The van der Waals surface area contributed by atoms with Gasteiger partial charge in [0, 0.05) is 11.6 Å². The number of rotatable bonds is 4. The number of benzene rings is 2. The van der Waals surface area contributed by atoms with Crippen LogP contribution in [0.15, 0.2) is 48.5 Å². The van der Waals surface area contributed by atoms with E-state index in [4.69, 9.17) is 16.3 Å². The number of carbonyl (C=O) groups excluding carboxylic acids is 1. The molecule has 0 saturated heterocycles. The Kier molecular flexibility index (Phi) is 4.64. The Balaban J connectivity index is 1.50. The summed E-state index contributed by atoms with van der Waals surface area (Å²) in [5.74, 6) is 0.844. The second kappa shape index (κ2) is 6.84. The Hall–Kier alpha value is -2.00. The first-order chi connectivity index (χ1) is 10.7. The minimum atomic E-state index is -0.111. The van der Waals surface area contributed by atoms with Crippen molar-refractivity contribution in [2.75, 3.05) is 13.2 Å². The van der Waals surface area contributed by atoms with E-state index < -0.39 is 0 Å². The maximum Gasteiger partial charge on any atom is 0.226 e. The van der Waals surface area contributed by atoms with Crippen molar-refractivity contribution in [1.29, 1.82) is 0 Å². The lowest BCUT2D eigenvalue weighted by molar-refractivity contribution is -0.126. The first-order valence-corrected chi connectivity index (χ1v) is 7.83. The molecule has 0 radical (unpaired) electrons. The molecule has 3 nitrogen and oxygen atoms in total. The third-order valence-corrected chi connectivity index (χ3v) is 4.13. The number of halogens is 1. The van der Waals surface area contributed by atoms with Gasteiger partial charge in [0.15, 0.2) is 0 Å². The van der Waals surface area contributed by atoms with Gasteiger partial charge in [-0.25, -0.2) is 0 Å². The zero-order valence-corrected chi connectivity index (χ0v) is 13.0. The molecular formula is C18H18ClNO2. The van der Waals surface area contributed by atoms with Gasteiger partial charge in [-0.2, -0.15) is 0 Å². The lowest BCUT2D eigenvalue weighted by atomic mass is 9.96. The molecule has 2 aromatic carbocycles. The number of hydrogen-bond acceptors (Lipinski definition) is 2. The largest absolute Gasteiger partial charge is 0.492 e. The van der Waals surface area contributed by atoms with Crippen molar-refractivity contribution in [3.63, 3.8) is 0 Å². The van der Waals surface area contributed by atoms with Gasteiger partial charge < -0.3 is 10.1 Å². The van der Waals surface area contributed by atoms with Crippen molar-refractivity contribution in [3.05, 3.63) is 64.7 Å². The van der Waals surface area contributed by atoms with E-state index >= 15 is 0 Å². The molecule has 1 aliphatic rings. The highest BCUT2D eigenvalue weighted by molar-refractivity contribution is 6.30. The maximum atomic E-state index is 12.2. The van der Waals surface area contributed by atoms with E-state index in [1.165, 1.54) is 0 Å². The van der Waals surface area contributed by atoms with Crippen molar-refractivity contribution >= 4 is 17.5 Å². The summed E-state index contributed by atoms with van der Waals surface area (Å²) in [6.07, 6.45) is 1.54. The molecule has 0 aromatic heterocycles. The molecule has 4 heteroatoms. The van der Waals surface area contributed by atoms with Crippen LogP contribution in [0.2, 0.25) is 5.02 Å². The second-order valence-corrected chi connectivity index (χ2v) is 5.92. The van der Waals surface area contributed by atoms with Crippen LogP contribution in [0.25, 0.3) is 0 Å². The van der Waals surface area contributed by atoms with Crippen LogP contribution in [0.5, 0.6) is 5.75 Å². The SMILES string of the molecule is O=C(NCCc1ccc(Cl)cc1)[C@H]1COc2ccccc2C1. The molecular weight excluding hydrogens is 298 g/mol. The summed E-state index contributed by atoms with van der Waals surface area (Å²) < 4.78 is 5.66. The fourth-order valence-corrected chi connectivity index (χ4v) is 2.75. The topological polar surface area (TPSA) is 38.3 Å². The van der Waals surface area contributed by atoms with E-state index in [1.807, 2.05) is 48.5 Å². The zero-order chi connectivity index (χ0) is 15.4. The molecule has 0 fully saturated rings. The molecule has 1 aliphatic heterocycles. The van der Waals surface area contributed by atoms with E-state index in [9.17, 15) is 4.79 Å². The molecule has 1 atom stereocenters. The van der Waals surface area contributed by atoms with Crippen LogP contribution in [-0.2, 0) is 17.6 Å². The minimum Gasteiger partial charge on any atom is -0.492 e. The quantitative estimate of drug-likeness (QED) is 0.940. The summed E-state index contributed by atoms with van der Waals surface area (Å²) >= 11 is 5.86. The Morgan fingerprint density at radius 2 is 1.95 bits per heavy atom. The van der Waals surface area contributed by atoms with Crippen LogP contribution in [0.1, 0.15) is 11.1 Å². The summed E-state index contributed by atoms with van der Waals surface area (Å²) in [5.41, 5.74) is 2.27. The summed E-state index contributed by atoms with van der Waals surface area (Å²) in [7, 11) is 0. The molecule has 1 amide bonds. The highest BCUT2D eigenvalue weighted by Gasteiger charge is 2.25. The van der Waals surface area contributed by atoms with Crippen LogP contribution in [-0.4, -0.2) is 19.1 Å². The molecule has 1 heterocycles. The number of carbonyl (C=O) groups is 1. The molecule has 0 saturated carbocycles. The average Bonchev–Trinajstić information content (AvgIpc) is 2.56. The van der Waals surface area contributed by atoms with E-state index in [0.717, 1.165) is 34.7 Å². The van der Waals surface area contributed by atoms with E-state index in [2.05, 4.69) is 5.32 Å². The fourth-order valence-electron chi connectivity index (χ4n) is 2.62. The van der Waals surface area contributed by atoms with Gasteiger partial charge in [0.2, 0.25) is 5.91 Å². The zero-order valence-electron chi connectivity index (χ0n) is 12.2. The number of amides is 1. The van der Waals surface area contributed by atoms with Crippen molar-refractivity contribution in [1.82, 2.24) is 5.32 Å². The van der Waals surface area contributed by atoms with Crippen LogP contribution >= 0.6 is 11.6 Å². The van der Waals surface area contributed by atoms with Crippen LogP contribution in [0.4, 0.5) is 0 Å². The van der Waals surface area contributed by atoms with Crippen LogP contribution in [0.3, 0.4) is 0 Å². The number of ether oxygens (including phenoxy) is 1. The smallest absolute Gasteiger partial charge is 0.226 e. The first-order valence-electron chi connectivity index (χ1n) is 7.45. The second-order valence-electron chi connectivity index (χ2n) is 5.49. The molecule has 0 spiro atoms. The Bertz CT molecular complexity index is 654.